The molecule has 0 spiro atoms. The van der Waals surface area contributed by atoms with Gasteiger partial charge in [-0.25, -0.2) is 0 Å². The van der Waals surface area contributed by atoms with E-state index >= 15 is 0 Å². The first-order valence-corrected chi connectivity index (χ1v) is 6.43. The molecule has 0 amide bonds. The van der Waals surface area contributed by atoms with Crippen LogP contribution in [0, 0.1) is 0 Å². The van der Waals surface area contributed by atoms with Crippen LogP contribution in [0.15, 0.2) is 18.2 Å². The van der Waals surface area contributed by atoms with E-state index in [1.165, 1.54) is 5.56 Å². The van der Waals surface area contributed by atoms with Crippen LogP contribution in [0.3, 0.4) is 0 Å². The number of carboxylic acid groups (broad SMARTS) is 1. The van der Waals surface area contributed by atoms with Gasteiger partial charge in [0.15, 0.2) is 0 Å². The Labute approximate surface area is 114 Å². The third-order valence-electron chi connectivity index (χ3n) is 3.23. The van der Waals surface area contributed by atoms with Gasteiger partial charge in [0.1, 0.15) is 11.3 Å². The molecular formula is C15H23NO3. The van der Waals surface area contributed by atoms with Crippen LogP contribution in [0.25, 0.3) is 0 Å². The van der Waals surface area contributed by atoms with Crippen LogP contribution in [-0.2, 0) is 11.3 Å². The Morgan fingerprint density at radius 1 is 1.42 bits per heavy atom. The van der Waals surface area contributed by atoms with Gasteiger partial charge in [-0.1, -0.05) is 26.0 Å². The number of rotatable bonds is 6. The van der Waals surface area contributed by atoms with Gasteiger partial charge in [-0.2, -0.15) is 0 Å². The first-order chi connectivity index (χ1) is 8.77. The van der Waals surface area contributed by atoms with Crippen molar-refractivity contribution in [3.8, 4) is 5.75 Å². The van der Waals surface area contributed by atoms with Gasteiger partial charge >= 0.3 is 5.97 Å². The number of nitrogens with one attached hydrogen (secondary N) is 1. The predicted octanol–water partition coefficient (Wildman–Crippen LogP) is 2.77. The smallest absolute Gasteiger partial charge is 0.323 e. The van der Waals surface area contributed by atoms with Crippen molar-refractivity contribution >= 4 is 5.97 Å². The largest absolute Gasteiger partial charge is 0.496 e. The lowest BCUT2D eigenvalue weighted by molar-refractivity contribution is -0.143. The molecule has 1 aromatic rings. The summed E-state index contributed by atoms with van der Waals surface area (Å²) in [7, 11) is 1.62. The van der Waals surface area contributed by atoms with E-state index in [0.717, 1.165) is 11.3 Å². The van der Waals surface area contributed by atoms with Crippen LogP contribution >= 0.6 is 0 Å². The second-order valence-electron chi connectivity index (χ2n) is 5.51. The minimum Gasteiger partial charge on any atom is -0.496 e. The number of ether oxygens (including phenoxy) is 1. The maximum atomic E-state index is 11.1. The summed E-state index contributed by atoms with van der Waals surface area (Å²) in [5.74, 6) is 0.335. The van der Waals surface area contributed by atoms with Gasteiger partial charge in [-0.3, -0.25) is 10.1 Å². The number of benzene rings is 1. The summed E-state index contributed by atoms with van der Waals surface area (Å²) in [5, 5.41) is 12.1. The quantitative estimate of drug-likeness (QED) is 0.830. The second kappa shape index (κ2) is 6.06. The molecule has 0 saturated heterocycles. The van der Waals surface area contributed by atoms with Crippen LogP contribution in [-0.4, -0.2) is 23.7 Å². The molecule has 0 fully saturated rings. The maximum Gasteiger partial charge on any atom is 0.323 e. The van der Waals surface area contributed by atoms with Crippen molar-refractivity contribution in [1.82, 2.24) is 5.32 Å². The van der Waals surface area contributed by atoms with E-state index in [4.69, 9.17) is 9.84 Å². The number of carboxylic acids is 1. The van der Waals surface area contributed by atoms with Crippen molar-refractivity contribution < 1.29 is 14.6 Å². The Kier molecular flexibility index (Phi) is 4.95. The third-order valence-corrected chi connectivity index (χ3v) is 3.23. The Bertz CT molecular complexity index is 453. The predicted molar refractivity (Wildman–Crippen MR) is 75.6 cm³/mol. The van der Waals surface area contributed by atoms with Crippen molar-refractivity contribution in [3.63, 3.8) is 0 Å². The molecule has 1 aromatic carbocycles. The first-order valence-electron chi connectivity index (χ1n) is 6.43. The zero-order chi connectivity index (χ0) is 14.6. The van der Waals surface area contributed by atoms with E-state index in [9.17, 15) is 4.79 Å². The molecule has 4 nitrogen and oxygen atoms in total. The highest BCUT2D eigenvalue weighted by Crippen LogP contribution is 2.24. The monoisotopic (exact) mass is 265 g/mol. The molecule has 106 valence electrons. The first kappa shape index (κ1) is 15.5. The lowest BCUT2D eigenvalue weighted by Crippen LogP contribution is -2.46. The van der Waals surface area contributed by atoms with Crippen LogP contribution in [0.4, 0.5) is 0 Å². The molecule has 19 heavy (non-hydrogen) atoms. The van der Waals surface area contributed by atoms with Crippen LogP contribution in [0.5, 0.6) is 5.75 Å². The normalized spacial score (nSPS) is 11.7. The molecule has 4 heteroatoms. The fourth-order valence-electron chi connectivity index (χ4n) is 1.69. The summed E-state index contributed by atoms with van der Waals surface area (Å²) in [6.07, 6.45) is 0. The fraction of sp³-hybridized carbons (Fsp3) is 0.533. The Balaban J connectivity index is 2.92. The number of hydrogen-bond donors (Lipinski definition) is 2. The number of methoxy groups -OCH3 is 1. The van der Waals surface area contributed by atoms with Crippen LogP contribution in [0.2, 0.25) is 0 Å². The van der Waals surface area contributed by atoms with E-state index in [-0.39, 0.29) is 0 Å². The van der Waals surface area contributed by atoms with E-state index in [0.29, 0.717) is 12.5 Å². The van der Waals surface area contributed by atoms with Gasteiger partial charge in [0.05, 0.1) is 7.11 Å². The molecule has 0 aliphatic heterocycles. The average Bonchev–Trinajstić information content (AvgIpc) is 2.35. The van der Waals surface area contributed by atoms with E-state index in [1.807, 2.05) is 12.1 Å². The highest BCUT2D eigenvalue weighted by atomic mass is 16.5. The molecule has 0 saturated carbocycles. The van der Waals surface area contributed by atoms with Crippen molar-refractivity contribution in [3.05, 3.63) is 29.3 Å². The fourth-order valence-corrected chi connectivity index (χ4v) is 1.69. The Hall–Kier alpha value is -1.55. The summed E-state index contributed by atoms with van der Waals surface area (Å²) >= 11 is 0. The molecule has 0 unspecified atom stereocenters. The molecule has 0 bridgehead atoms. The van der Waals surface area contributed by atoms with Gasteiger partial charge in [0.2, 0.25) is 0 Å². The van der Waals surface area contributed by atoms with Gasteiger partial charge in [-0.05, 0) is 31.4 Å². The van der Waals surface area contributed by atoms with Crippen molar-refractivity contribution in [1.29, 1.82) is 0 Å². The highest BCUT2D eigenvalue weighted by molar-refractivity contribution is 5.77. The lowest BCUT2D eigenvalue weighted by Gasteiger charge is -2.22. The number of carbonyl (C=O) groups is 1. The van der Waals surface area contributed by atoms with Crippen molar-refractivity contribution in [2.45, 2.75) is 45.7 Å². The standard InChI is InChI=1S/C15H23NO3/c1-10(2)11-6-7-13(19-5)12(8-11)9-16-15(3,4)14(17)18/h6-8,10,16H,9H2,1-5H3,(H,17,18). The summed E-state index contributed by atoms with van der Waals surface area (Å²) in [6.45, 7) is 8.01. The minimum absolute atomic E-state index is 0.428. The maximum absolute atomic E-state index is 11.1. The van der Waals surface area contributed by atoms with Crippen LogP contribution in [0.1, 0.15) is 44.7 Å². The molecule has 0 atom stereocenters. The zero-order valence-electron chi connectivity index (χ0n) is 12.3. The van der Waals surface area contributed by atoms with Crippen LogP contribution < -0.4 is 10.1 Å². The van der Waals surface area contributed by atoms with Gasteiger partial charge in [0, 0.05) is 12.1 Å². The van der Waals surface area contributed by atoms with Gasteiger partial charge in [-0.15, -0.1) is 0 Å². The molecule has 0 aromatic heterocycles. The molecule has 0 aliphatic carbocycles. The minimum atomic E-state index is -0.959. The number of hydrogen-bond acceptors (Lipinski definition) is 3. The SMILES string of the molecule is COc1ccc(C(C)C)cc1CNC(C)(C)C(=O)O. The highest BCUT2D eigenvalue weighted by Gasteiger charge is 2.26. The summed E-state index contributed by atoms with van der Waals surface area (Å²) in [5.41, 5.74) is 1.23. The molecular weight excluding hydrogens is 242 g/mol. The third kappa shape index (κ3) is 3.96. The van der Waals surface area contributed by atoms with E-state index < -0.39 is 11.5 Å². The Morgan fingerprint density at radius 2 is 2.05 bits per heavy atom. The summed E-state index contributed by atoms with van der Waals surface area (Å²) < 4.78 is 5.32. The van der Waals surface area contributed by atoms with E-state index in [2.05, 4.69) is 25.2 Å². The summed E-state index contributed by atoms with van der Waals surface area (Å²) in [4.78, 5) is 11.1. The van der Waals surface area contributed by atoms with Crippen molar-refractivity contribution in [2.24, 2.45) is 0 Å². The summed E-state index contributed by atoms with van der Waals surface area (Å²) in [6, 6.07) is 6.03. The zero-order valence-corrected chi connectivity index (χ0v) is 12.3. The lowest BCUT2D eigenvalue weighted by atomic mass is 9.99. The number of aliphatic carboxylic acids is 1. The van der Waals surface area contributed by atoms with Crippen molar-refractivity contribution in [2.75, 3.05) is 7.11 Å². The molecule has 2 N–H and O–H groups in total. The van der Waals surface area contributed by atoms with Gasteiger partial charge < -0.3 is 9.84 Å². The average molecular weight is 265 g/mol. The topological polar surface area (TPSA) is 58.6 Å². The molecule has 0 radical (unpaired) electrons. The Morgan fingerprint density at radius 3 is 2.53 bits per heavy atom. The molecule has 0 heterocycles. The van der Waals surface area contributed by atoms with E-state index in [1.54, 1.807) is 21.0 Å². The molecule has 1 rings (SSSR count). The second-order valence-corrected chi connectivity index (χ2v) is 5.51. The van der Waals surface area contributed by atoms with Gasteiger partial charge in [0.25, 0.3) is 0 Å². The molecule has 0 aliphatic rings.